The van der Waals surface area contributed by atoms with Gasteiger partial charge in [0.25, 0.3) is 0 Å². The molecular weight excluding hydrogens is 344 g/mol. The third-order valence-electron chi connectivity index (χ3n) is 3.34. The van der Waals surface area contributed by atoms with Crippen LogP contribution in [0.5, 0.6) is 0 Å². The average Bonchev–Trinajstić information content (AvgIpc) is 3.13. The molecule has 2 heterocycles. The number of halogens is 4. The normalized spacial score (nSPS) is 11.3. The van der Waals surface area contributed by atoms with Gasteiger partial charge >= 0.3 is 0 Å². The van der Waals surface area contributed by atoms with Gasteiger partial charge in [0.1, 0.15) is 11.6 Å². The van der Waals surface area contributed by atoms with Crippen LogP contribution in [0.3, 0.4) is 0 Å². The maximum Gasteiger partial charge on any atom is 0.235 e. The van der Waals surface area contributed by atoms with Crippen LogP contribution >= 0.6 is 11.3 Å². The maximum atomic E-state index is 13.9. The summed E-state index contributed by atoms with van der Waals surface area (Å²) < 4.78 is 55.7. The van der Waals surface area contributed by atoms with Gasteiger partial charge in [0.15, 0.2) is 22.5 Å². The monoisotopic (exact) mass is 350 g/mol. The van der Waals surface area contributed by atoms with E-state index in [-0.39, 0.29) is 26.9 Å². The van der Waals surface area contributed by atoms with Gasteiger partial charge < -0.3 is 0 Å². The van der Waals surface area contributed by atoms with Crippen molar-refractivity contribution in [3.8, 4) is 22.0 Å². The van der Waals surface area contributed by atoms with Crippen LogP contribution in [0.1, 0.15) is 0 Å². The van der Waals surface area contributed by atoms with Crippen molar-refractivity contribution in [2.75, 3.05) is 0 Å². The summed E-state index contributed by atoms with van der Waals surface area (Å²) in [5, 5.41) is 11.9. The summed E-state index contributed by atoms with van der Waals surface area (Å²) in [6.45, 7) is 0. The van der Waals surface area contributed by atoms with E-state index in [0.717, 1.165) is 35.6 Å². The van der Waals surface area contributed by atoms with Crippen LogP contribution in [0.4, 0.5) is 17.6 Å². The molecule has 0 spiro atoms. The van der Waals surface area contributed by atoms with Crippen molar-refractivity contribution in [1.82, 2.24) is 19.8 Å². The fourth-order valence-electron chi connectivity index (χ4n) is 2.23. The Morgan fingerprint density at radius 3 is 2.54 bits per heavy atom. The molecule has 24 heavy (non-hydrogen) atoms. The minimum Gasteiger partial charge on any atom is -0.207 e. The molecule has 2 aromatic heterocycles. The summed E-state index contributed by atoms with van der Waals surface area (Å²) in [6.07, 6.45) is 0. The van der Waals surface area contributed by atoms with Gasteiger partial charge in [0, 0.05) is 0 Å². The highest BCUT2D eigenvalue weighted by atomic mass is 32.1. The van der Waals surface area contributed by atoms with E-state index < -0.39 is 23.3 Å². The first-order chi connectivity index (χ1) is 11.5. The zero-order chi connectivity index (χ0) is 16.8. The molecule has 4 nitrogen and oxygen atoms in total. The average molecular weight is 350 g/mol. The largest absolute Gasteiger partial charge is 0.235 e. The molecule has 0 bridgehead atoms. The summed E-state index contributed by atoms with van der Waals surface area (Å²) in [5.74, 6) is -3.41. The minimum absolute atomic E-state index is 0.0266. The van der Waals surface area contributed by atoms with Crippen LogP contribution in [0.2, 0.25) is 0 Å². The Hall–Kier alpha value is -2.81. The minimum atomic E-state index is -1.04. The number of hydrogen-bond donors (Lipinski definition) is 0. The second kappa shape index (κ2) is 5.38. The molecule has 4 aromatic rings. The van der Waals surface area contributed by atoms with Gasteiger partial charge in [-0.15, -0.1) is 10.2 Å². The molecule has 0 saturated heterocycles. The lowest BCUT2D eigenvalue weighted by Crippen LogP contribution is -1.95. The van der Waals surface area contributed by atoms with Crippen LogP contribution in [0.25, 0.3) is 26.9 Å². The predicted octanol–water partition coefficient (Wildman–Crippen LogP) is 4.08. The predicted molar refractivity (Wildman–Crippen MR) is 79.4 cm³/mol. The molecule has 0 fully saturated rings. The molecule has 4 rings (SSSR count). The molecule has 0 aliphatic carbocycles. The molecular formula is C15H6F4N4S. The highest BCUT2D eigenvalue weighted by Crippen LogP contribution is 2.31. The molecule has 9 heteroatoms. The van der Waals surface area contributed by atoms with Crippen molar-refractivity contribution in [2.24, 2.45) is 0 Å². The van der Waals surface area contributed by atoms with Crippen molar-refractivity contribution < 1.29 is 17.6 Å². The van der Waals surface area contributed by atoms with Crippen LogP contribution in [0, 0.1) is 23.3 Å². The van der Waals surface area contributed by atoms with Gasteiger partial charge in [0.2, 0.25) is 4.96 Å². The van der Waals surface area contributed by atoms with Gasteiger partial charge in [-0.2, -0.15) is 9.61 Å². The Kier molecular flexibility index (Phi) is 3.31. The van der Waals surface area contributed by atoms with Crippen molar-refractivity contribution in [1.29, 1.82) is 0 Å². The zero-order valence-corrected chi connectivity index (χ0v) is 12.5. The Bertz CT molecular complexity index is 1070. The lowest BCUT2D eigenvalue weighted by Gasteiger charge is -2.00. The Morgan fingerprint density at radius 1 is 0.875 bits per heavy atom. The number of aromatic nitrogens is 4. The first-order valence-corrected chi connectivity index (χ1v) is 7.48. The molecule has 0 aliphatic rings. The first kappa shape index (κ1) is 14.8. The third kappa shape index (κ3) is 2.24. The van der Waals surface area contributed by atoms with Gasteiger partial charge in [-0.3, -0.25) is 0 Å². The second-order valence-corrected chi connectivity index (χ2v) is 5.81. The standard InChI is InChI=1S/C15H6F4N4S/c16-7-4-5-10(17)9(6-7)13-20-21-15-23(13)22-14(24-15)8-2-1-3-11(18)12(8)19/h1-6H. The van der Waals surface area contributed by atoms with E-state index in [4.69, 9.17) is 0 Å². The second-order valence-electron chi connectivity index (χ2n) is 4.85. The van der Waals surface area contributed by atoms with Crippen molar-refractivity contribution in [3.63, 3.8) is 0 Å². The Labute approximate surface area is 136 Å². The van der Waals surface area contributed by atoms with Crippen molar-refractivity contribution >= 4 is 16.3 Å². The molecule has 0 amide bonds. The summed E-state index contributed by atoms with van der Waals surface area (Å²) in [7, 11) is 0. The van der Waals surface area contributed by atoms with E-state index in [2.05, 4.69) is 15.3 Å². The van der Waals surface area contributed by atoms with Gasteiger partial charge in [0.05, 0.1) is 11.1 Å². The van der Waals surface area contributed by atoms with E-state index in [0.29, 0.717) is 0 Å². The topological polar surface area (TPSA) is 43.1 Å². The van der Waals surface area contributed by atoms with Gasteiger partial charge in [-0.1, -0.05) is 17.4 Å². The number of nitrogens with zero attached hydrogens (tertiary/aromatic N) is 4. The lowest BCUT2D eigenvalue weighted by atomic mass is 10.2. The number of fused-ring (bicyclic) bond motifs is 1. The number of rotatable bonds is 2. The van der Waals surface area contributed by atoms with E-state index in [1.165, 1.54) is 16.6 Å². The summed E-state index contributed by atoms with van der Waals surface area (Å²) in [4.78, 5) is 0.243. The summed E-state index contributed by atoms with van der Waals surface area (Å²) in [6, 6.07) is 6.62. The molecule has 0 unspecified atom stereocenters. The Morgan fingerprint density at radius 2 is 1.71 bits per heavy atom. The molecule has 0 aliphatic heterocycles. The molecule has 2 aromatic carbocycles. The quantitative estimate of drug-likeness (QED) is 0.512. The smallest absolute Gasteiger partial charge is 0.207 e. The van der Waals surface area contributed by atoms with Gasteiger partial charge in [-0.25, -0.2) is 17.6 Å². The van der Waals surface area contributed by atoms with Crippen molar-refractivity contribution in [3.05, 3.63) is 59.7 Å². The highest BCUT2D eigenvalue weighted by molar-refractivity contribution is 7.19. The molecule has 0 radical (unpaired) electrons. The highest BCUT2D eigenvalue weighted by Gasteiger charge is 2.20. The van der Waals surface area contributed by atoms with E-state index in [1.807, 2.05) is 0 Å². The zero-order valence-electron chi connectivity index (χ0n) is 11.7. The first-order valence-electron chi connectivity index (χ1n) is 6.66. The van der Waals surface area contributed by atoms with E-state index >= 15 is 0 Å². The molecule has 0 atom stereocenters. The maximum absolute atomic E-state index is 13.9. The van der Waals surface area contributed by atoms with Gasteiger partial charge in [-0.05, 0) is 30.3 Å². The van der Waals surface area contributed by atoms with E-state index in [9.17, 15) is 17.6 Å². The number of benzene rings is 2. The van der Waals surface area contributed by atoms with Crippen molar-refractivity contribution in [2.45, 2.75) is 0 Å². The third-order valence-corrected chi connectivity index (χ3v) is 4.27. The fourth-order valence-corrected chi connectivity index (χ4v) is 3.09. The van der Waals surface area contributed by atoms with Crippen LogP contribution in [0.15, 0.2) is 36.4 Å². The van der Waals surface area contributed by atoms with Crippen LogP contribution in [-0.2, 0) is 0 Å². The van der Waals surface area contributed by atoms with E-state index in [1.54, 1.807) is 0 Å². The summed E-state index contributed by atoms with van der Waals surface area (Å²) >= 11 is 0.954. The fraction of sp³-hybridized carbons (Fsp3) is 0. The SMILES string of the molecule is Fc1ccc(F)c(-c2nnc3sc(-c4cccc(F)c4F)nn23)c1. The number of hydrogen-bond acceptors (Lipinski definition) is 4. The lowest BCUT2D eigenvalue weighted by molar-refractivity contribution is 0.511. The van der Waals surface area contributed by atoms with Crippen LogP contribution in [-0.4, -0.2) is 19.8 Å². The summed E-state index contributed by atoms with van der Waals surface area (Å²) in [5.41, 5.74) is -0.171. The Balaban J connectivity index is 1.91. The molecule has 0 N–H and O–H groups in total. The van der Waals surface area contributed by atoms with Crippen LogP contribution < -0.4 is 0 Å². The molecule has 120 valence electrons. The molecule has 0 saturated carbocycles.